The Labute approximate surface area is 190 Å². The molecule has 0 fully saturated rings. The van der Waals surface area contributed by atoms with Crippen LogP contribution in [-0.2, 0) is 17.8 Å². The van der Waals surface area contributed by atoms with Gasteiger partial charge in [0.15, 0.2) is 5.16 Å². The number of aromatic nitrogens is 3. The summed E-state index contributed by atoms with van der Waals surface area (Å²) in [6.07, 6.45) is 0.570. The fourth-order valence-electron chi connectivity index (χ4n) is 3.26. The van der Waals surface area contributed by atoms with E-state index >= 15 is 0 Å². The first-order valence-corrected chi connectivity index (χ1v) is 11.2. The van der Waals surface area contributed by atoms with Gasteiger partial charge >= 0.3 is 0 Å². The highest BCUT2D eigenvalue weighted by Crippen LogP contribution is 2.27. The van der Waals surface area contributed by atoms with Crippen LogP contribution in [0.25, 0.3) is 5.69 Å². The van der Waals surface area contributed by atoms with E-state index in [0.29, 0.717) is 18.1 Å². The van der Waals surface area contributed by atoms with E-state index in [1.807, 2.05) is 72.2 Å². The van der Waals surface area contributed by atoms with Crippen LogP contribution in [0.5, 0.6) is 0 Å². The Morgan fingerprint density at radius 1 is 0.938 bits per heavy atom. The van der Waals surface area contributed by atoms with Gasteiger partial charge in [0.25, 0.3) is 0 Å². The van der Waals surface area contributed by atoms with Crippen LogP contribution in [0.1, 0.15) is 23.9 Å². The van der Waals surface area contributed by atoms with Gasteiger partial charge in [0.2, 0.25) is 5.91 Å². The Bertz CT molecular complexity index is 1160. The lowest BCUT2D eigenvalue weighted by atomic mass is 10.1. The topological polar surface area (TPSA) is 59.8 Å². The fourth-order valence-corrected chi connectivity index (χ4v) is 4.17. The van der Waals surface area contributed by atoms with Crippen molar-refractivity contribution in [1.82, 2.24) is 20.1 Å². The average molecular weight is 447 g/mol. The summed E-state index contributed by atoms with van der Waals surface area (Å²) in [4.78, 5) is 12.7. The molecule has 0 saturated carbocycles. The highest BCUT2D eigenvalue weighted by atomic mass is 32.2. The van der Waals surface area contributed by atoms with Gasteiger partial charge in [0, 0.05) is 18.7 Å². The molecule has 162 valence electrons. The highest BCUT2D eigenvalue weighted by Gasteiger charge is 2.21. The zero-order valence-electron chi connectivity index (χ0n) is 17.6. The first-order chi connectivity index (χ1) is 15.6. The predicted octanol–water partition coefficient (Wildman–Crippen LogP) is 4.79. The number of nitrogens with zero attached hydrogens (tertiary/aromatic N) is 3. The molecule has 0 aliphatic carbocycles. The van der Waals surface area contributed by atoms with E-state index in [2.05, 4.69) is 15.5 Å². The molecule has 0 bridgehead atoms. The Kier molecular flexibility index (Phi) is 6.97. The van der Waals surface area contributed by atoms with Gasteiger partial charge in [-0.15, -0.1) is 10.2 Å². The standard InChI is InChI=1S/C25H23FN4OS/c1-18(24(31)27-17-20-10-6-3-7-11-20)32-25-29-28-23(16-19-8-4-2-5-9-19)30(25)22-14-12-21(26)13-15-22/h2-15,18H,16-17H2,1H3,(H,27,31). The molecule has 1 unspecified atom stereocenters. The van der Waals surface area contributed by atoms with Crippen molar-refractivity contribution < 1.29 is 9.18 Å². The molecular formula is C25H23FN4OS. The van der Waals surface area contributed by atoms with Crippen LogP contribution in [0.3, 0.4) is 0 Å². The van der Waals surface area contributed by atoms with Gasteiger partial charge in [-0.2, -0.15) is 0 Å². The summed E-state index contributed by atoms with van der Waals surface area (Å²) in [6, 6.07) is 25.9. The lowest BCUT2D eigenvalue weighted by Crippen LogP contribution is -2.30. The molecule has 7 heteroatoms. The van der Waals surface area contributed by atoms with E-state index in [9.17, 15) is 9.18 Å². The van der Waals surface area contributed by atoms with Gasteiger partial charge < -0.3 is 5.32 Å². The number of halogens is 1. The molecule has 4 aromatic rings. The largest absolute Gasteiger partial charge is 0.351 e. The third-order valence-electron chi connectivity index (χ3n) is 4.95. The van der Waals surface area contributed by atoms with Gasteiger partial charge in [0.1, 0.15) is 11.6 Å². The van der Waals surface area contributed by atoms with Gasteiger partial charge in [-0.25, -0.2) is 4.39 Å². The lowest BCUT2D eigenvalue weighted by molar-refractivity contribution is -0.120. The van der Waals surface area contributed by atoms with Crippen LogP contribution in [0, 0.1) is 5.82 Å². The van der Waals surface area contributed by atoms with Crippen molar-refractivity contribution in [2.75, 3.05) is 0 Å². The molecule has 1 aromatic heterocycles. The van der Waals surface area contributed by atoms with Crippen molar-refractivity contribution in [1.29, 1.82) is 0 Å². The third kappa shape index (κ3) is 5.42. The molecule has 5 nitrogen and oxygen atoms in total. The molecule has 1 amide bonds. The number of carbonyl (C=O) groups is 1. The minimum atomic E-state index is -0.383. The first kappa shape index (κ1) is 21.8. The van der Waals surface area contributed by atoms with E-state index < -0.39 is 0 Å². The number of carbonyl (C=O) groups excluding carboxylic acids is 1. The number of nitrogens with one attached hydrogen (secondary N) is 1. The van der Waals surface area contributed by atoms with E-state index in [4.69, 9.17) is 0 Å². The van der Waals surface area contributed by atoms with Crippen molar-refractivity contribution in [3.8, 4) is 5.69 Å². The minimum Gasteiger partial charge on any atom is -0.351 e. The van der Waals surface area contributed by atoms with E-state index in [0.717, 1.165) is 22.6 Å². The molecule has 1 heterocycles. The molecule has 3 aromatic carbocycles. The van der Waals surface area contributed by atoms with Gasteiger partial charge in [-0.3, -0.25) is 9.36 Å². The zero-order valence-corrected chi connectivity index (χ0v) is 18.4. The van der Waals surface area contributed by atoms with Crippen molar-refractivity contribution in [2.24, 2.45) is 0 Å². The average Bonchev–Trinajstić information content (AvgIpc) is 3.21. The van der Waals surface area contributed by atoms with Gasteiger partial charge in [-0.05, 0) is 42.3 Å². The second-order valence-corrected chi connectivity index (χ2v) is 8.64. The van der Waals surface area contributed by atoms with Crippen molar-refractivity contribution in [3.05, 3.63) is 108 Å². The molecule has 32 heavy (non-hydrogen) atoms. The minimum absolute atomic E-state index is 0.0860. The third-order valence-corrected chi connectivity index (χ3v) is 5.99. The Morgan fingerprint density at radius 2 is 1.56 bits per heavy atom. The summed E-state index contributed by atoms with van der Waals surface area (Å²) in [5.41, 5.74) is 2.88. The van der Waals surface area contributed by atoms with Gasteiger partial charge in [0.05, 0.1) is 5.25 Å². The smallest absolute Gasteiger partial charge is 0.233 e. The molecule has 0 saturated heterocycles. The van der Waals surface area contributed by atoms with E-state index in [1.54, 1.807) is 12.1 Å². The van der Waals surface area contributed by atoms with Crippen molar-refractivity contribution in [3.63, 3.8) is 0 Å². The first-order valence-electron chi connectivity index (χ1n) is 10.3. The second kappa shape index (κ2) is 10.2. The summed E-state index contributed by atoms with van der Waals surface area (Å²) >= 11 is 1.33. The highest BCUT2D eigenvalue weighted by molar-refractivity contribution is 8.00. The summed E-state index contributed by atoms with van der Waals surface area (Å²) < 4.78 is 15.4. The van der Waals surface area contributed by atoms with Crippen LogP contribution in [0.4, 0.5) is 4.39 Å². The van der Waals surface area contributed by atoms with Crippen LogP contribution in [0.15, 0.2) is 90.1 Å². The molecule has 0 spiro atoms. The SMILES string of the molecule is CC(Sc1nnc(Cc2ccccc2)n1-c1ccc(F)cc1)C(=O)NCc1ccccc1. The number of thioether (sulfide) groups is 1. The van der Waals surface area contributed by atoms with Crippen LogP contribution < -0.4 is 5.32 Å². The monoisotopic (exact) mass is 446 g/mol. The van der Waals surface area contributed by atoms with Gasteiger partial charge in [-0.1, -0.05) is 72.4 Å². The Hall–Kier alpha value is -3.45. The number of hydrogen-bond acceptors (Lipinski definition) is 4. The van der Waals surface area contributed by atoms with Crippen molar-refractivity contribution >= 4 is 17.7 Å². The fraction of sp³-hybridized carbons (Fsp3) is 0.160. The maximum atomic E-state index is 13.5. The number of amides is 1. The molecule has 4 rings (SSSR count). The maximum Gasteiger partial charge on any atom is 0.233 e. The lowest BCUT2D eigenvalue weighted by Gasteiger charge is -2.14. The summed E-state index contributed by atoms with van der Waals surface area (Å²) in [5, 5.41) is 11.9. The van der Waals surface area contributed by atoms with Crippen molar-refractivity contribution in [2.45, 2.75) is 30.3 Å². The summed E-state index contributed by atoms with van der Waals surface area (Å²) in [6.45, 7) is 2.31. The molecule has 0 aliphatic heterocycles. The Balaban J connectivity index is 1.54. The molecule has 1 atom stereocenters. The van der Waals surface area contributed by atoms with Crippen LogP contribution >= 0.6 is 11.8 Å². The number of benzene rings is 3. The van der Waals surface area contributed by atoms with E-state index in [1.165, 1.54) is 23.9 Å². The quantitative estimate of drug-likeness (QED) is 0.395. The molecular weight excluding hydrogens is 423 g/mol. The Morgan fingerprint density at radius 3 is 2.22 bits per heavy atom. The molecule has 1 N–H and O–H groups in total. The van der Waals surface area contributed by atoms with Crippen LogP contribution in [0.2, 0.25) is 0 Å². The molecule has 0 aliphatic rings. The van der Waals surface area contributed by atoms with Crippen LogP contribution in [-0.4, -0.2) is 25.9 Å². The normalized spacial score (nSPS) is 11.8. The van der Waals surface area contributed by atoms with E-state index in [-0.39, 0.29) is 17.0 Å². The number of rotatable bonds is 8. The second-order valence-electron chi connectivity index (χ2n) is 7.34. The summed E-state index contributed by atoms with van der Waals surface area (Å²) in [7, 11) is 0. The zero-order chi connectivity index (χ0) is 22.3. The molecule has 0 radical (unpaired) electrons. The number of hydrogen-bond donors (Lipinski definition) is 1. The maximum absolute atomic E-state index is 13.5. The summed E-state index contributed by atoms with van der Waals surface area (Å²) in [5.74, 6) is 0.327. The predicted molar refractivity (Wildman–Crippen MR) is 124 cm³/mol.